The predicted molar refractivity (Wildman–Crippen MR) is 307 cm³/mol. The Labute approximate surface area is 453 Å². The summed E-state index contributed by atoms with van der Waals surface area (Å²) in [6.45, 7) is 4.59. The van der Waals surface area contributed by atoms with Crippen LogP contribution in [0, 0.1) is 0 Å². The highest BCUT2D eigenvalue weighted by Gasteiger charge is 2.28. The van der Waals surface area contributed by atoms with Crippen molar-refractivity contribution >= 4 is 25.7 Å². The molecule has 0 heterocycles. The molecule has 430 valence electrons. The van der Waals surface area contributed by atoms with Gasteiger partial charge in [-0.25, -0.2) is 4.57 Å². The third kappa shape index (κ3) is 54.0. The van der Waals surface area contributed by atoms with E-state index in [1.54, 1.807) is 0 Å². The van der Waals surface area contributed by atoms with Gasteiger partial charge in [-0.15, -0.1) is 0 Å². The van der Waals surface area contributed by atoms with Crippen LogP contribution in [-0.4, -0.2) is 66.5 Å². The number of ether oxygens (including phenoxy) is 3. The molecule has 3 unspecified atom stereocenters. The zero-order chi connectivity index (χ0) is 54.1. The molecule has 0 fully saturated rings. The molecule has 0 bridgehead atoms. The number of esters is 3. The van der Waals surface area contributed by atoms with E-state index in [0.29, 0.717) is 19.3 Å². The van der Waals surface area contributed by atoms with Crippen molar-refractivity contribution in [2.45, 2.75) is 290 Å². The van der Waals surface area contributed by atoms with E-state index in [-0.39, 0.29) is 25.9 Å². The third-order valence-electron chi connectivity index (χ3n) is 12.9. The average Bonchev–Trinajstić information content (AvgIpc) is 3.39. The fourth-order valence-corrected chi connectivity index (χ4v) is 9.06. The number of rotatable bonds is 56. The van der Waals surface area contributed by atoms with Crippen LogP contribution in [0.5, 0.6) is 0 Å². The molecule has 0 aliphatic heterocycles. The van der Waals surface area contributed by atoms with Crippen molar-refractivity contribution in [2.75, 3.05) is 26.4 Å². The Kier molecular flexibility index (Phi) is 54.2. The summed E-state index contributed by atoms with van der Waals surface area (Å²) in [6.07, 6.45) is 61.7. The summed E-state index contributed by atoms with van der Waals surface area (Å²) in [5.41, 5.74) is 0. The van der Waals surface area contributed by atoms with Crippen LogP contribution in [-0.2, 0) is 42.2 Å². The summed E-state index contributed by atoms with van der Waals surface area (Å²) in [4.78, 5) is 48.6. The van der Waals surface area contributed by atoms with E-state index in [1.807, 2.05) is 0 Å². The highest BCUT2D eigenvalue weighted by molar-refractivity contribution is 7.47. The fraction of sp³-hybridized carbons (Fsp3) is 0.790. The summed E-state index contributed by atoms with van der Waals surface area (Å²) in [6, 6.07) is 0. The minimum absolute atomic E-state index is 0.149. The second kappa shape index (κ2) is 56.4. The van der Waals surface area contributed by atoms with Gasteiger partial charge in [0.05, 0.1) is 19.8 Å². The second-order valence-corrected chi connectivity index (χ2v) is 21.6. The first-order valence-corrected chi connectivity index (χ1v) is 31.7. The molecule has 0 aliphatic rings. The number of phosphoric ester groups is 1. The number of unbranched alkanes of at least 4 members (excludes halogenated alkanes) is 29. The van der Waals surface area contributed by atoms with Gasteiger partial charge in [0, 0.05) is 19.3 Å². The van der Waals surface area contributed by atoms with Gasteiger partial charge < -0.3 is 24.2 Å². The zero-order valence-electron chi connectivity index (χ0n) is 47.6. The molecule has 74 heavy (non-hydrogen) atoms. The van der Waals surface area contributed by atoms with Crippen LogP contribution in [0.3, 0.4) is 0 Å². The van der Waals surface area contributed by atoms with Gasteiger partial charge in [-0.1, -0.05) is 229 Å². The van der Waals surface area contributed by atoms with E-state index in [0.717, 1.165) is 116 Å². The lowest BCUT2D eigenvalue weighted by atomic mass is 10.0. The Hall–Kier alpha value is -2.82. The summed E-state index contributed by atoms with van der Waals surface area (Å²) >= 11 is 0. The van der Waals surface area contributed by atoms with Gasteiger partial charge in [-0.05, 0) is 89.9 Å². The number of aliphatic hydroxyl groups is 1. The number of aliphatic hydroxyl groups excluding tert-OH is 1. The van der Waals surface area contributed by atoms with Crippen molar-refractivity contribution in [3.63, 3.8) is 0 Å². The molecule has 0 rings (SSSR count). The maximum atomic E-state index is 12.9. The highest BCUT2D eigenvalue weighted by Crippen LogP contribution is 2.43. The molecule has 0 saturated carbocycles. The molecular formula is C62H111O11P. The topological polar surface area (TPSA) is 155 Å². The van der Waals surface area contributed by atoms with Crippen LogP contribution in [0.2, 0.25) is 0 Å². The standard InChI is InChI=1S/C62H111O11P/c1-4-7-10-13-16-19-22-25-27-28-29-30-32-34-36-39-42-45-48-51-60(64)69-55-59(73-62(66)53-50-47-44-41-38-35-31-26-23-20-17-14-11-8-5-2)57-71-74(67,68)70-56-58(54-63)72-61(65)52-49-46-43-40-37-33-24-21-18-15-12-9-6-3/h16-17,19-20,25-27,29-31,58-59,63H,4-15,18,21-24,28,32-57H2,1-3H3,(H,67,68)/b19-16-,20-17-,27-25-,30-29-,31-26-. The van der Waals surface area contributed by atoms with Crippen molar-refractivity contribution in [3.8, 4) is 0 Å². The van der Waals surface area contributed by atoms with Gasteiger partial charge in [0.25, 0.3) is 0 Å². The van der Waals surface area contributed by atoms with E-state index in [4.69, 9.17) is 23.3 Å². The van der Waals surface area contributed by atoms with Gasteiger partial charge >= 0.3 is 25.7 Å². The molecule has 0 spiro atoms. The van der Waals surface area contributed by atoms with Gasteiger partial charge in [-0.3, -0.25) is 23.4 Å². The Morgan fingerprint density at radius 3 is 1.04 bits per heavy atom. The smallest absolute Gasteiger partial charge is 0.462 e. The van der Waals surface area contributed by atoms with E-state index in [9.17, 15) is 28.9 Å². The molecule has 0 aromatic carbocycles. The molecule has 0 radical (unpaired) electrons. The van der Waals surface area contributed by atoms with Crippen LogP contribution in [0.15, 0.2) is 60.8 Å². The monoisotopic (exact) mass is 1060 g/mol. The number of carbonyl (C=O) groups excluding carboxylic acids is 3. The highest BCUT2D eigenvalue weighted by atomic mass is 31.2. The molecule has 2 N–H and O–H groups in total. The quantitative estimate of drug-likeness (QED) is 0.0197. The third-order valence-corrected chi connectivity index (χ3v) is 13.9. The second-order valence-electron chi connectivity index (χ2n) is 20.2. The van der Waals surface area contributed by atoms with E-state index < -0.39 is 57.8 Å². The Morgan fingerprint density at radius 2 is 0.662 bits per heavy atom. The molecule has 11 nitrogen and oxygen atoms in total. The number of carbonyl (C=O) groups is 3. The van der Waals surface area contributed by atoms with Crippen molar-refractivity contribution in [1.29, 1.82) is 0 Å². The molecule has 12 heteroatoms. The van der Waals surface area contributed by atoms with Gasteiger partial charge in [0.2, 0.25) is 0 Å². The molecule has 0 aromatic rings. The summed E-state index contributed by atoms with van der Waals surface area (Å²) in [5.74, 6) is -1.48. The number of phosphoric acid groups is 1. The summed E-state index contributed by atoms with van der Waals surface area (Å²) < 4.78 is 39.6. The molecule has 0 amide bonds. The fourth-order valence-electron chi connectivity index (χ4n) is 8.28. The molecule has 3 atom stereocenters. The normalized spacial score (nSPS) is 13.7. The van der Waals surface area contributed by atoms with E-state index >= 15 is 0 Å². The van der Waals surface area contributed by atoms with Crippen LogP contribution in [0.1, 0.15) is 278 Å². The first kappa shape index (κ1) is 71.2. The summed E-state index contributed by atoms with van der Waals surface area (Å²) in [5, 5.41) is 9.82. The molecule has 0 aromatic heterocycles. The maximum Gasteiger partial charge on any atom is 0.472 e. The SMILES string of the molecule is CCCCC/C=C\C/C=C\C/C=C\CCCCCCCCC(=O)OCC(COP(=O)(O)OCC(CO)OC(=O)CCCCCCCCCCCCCCC)OC(=O)CCCCCCC/C=C\C/C=C\CCCCC. The van der Waals surface area contributed by atoms with Crippen LogP contribution < -0.4 is 0 Å². The van der Waals surface area contributed by atoms with Gasteiger partial charge in [0.15, 0.2) is 6.10 Å². The molecule has 0 saturated heterocycles. The lowest BCUT2D eigenvalue weighted by molar-refractivity contribution is -0.161. The number of hydrogen-bond donors (Lipinski definition) is 2. The Bertz CT molecular complexity index is 1470. The number of allylic oxidation sites excluding steroid dienone is 10. The van der Waals surface area contributed by atoms with Crippen molar-refractivity contribution in [2.24, 2.45) is 0 Å². The summed E-state index contributed by atoms with van der Waals surface area (Å²) in [7, 11) is -4.75. The maximum absolute atomic E-state index is 12.9. The van der Waals surface area contributed by atoms with Crippen molar-refractivity contribution in [1.82, 2.24) is 0 Å². The van der Waals surface area contributed by atoms with Gasteiger partial charge in [0.1, 0.15) is 12.7 Å². The Morgan fingerprint density at radius 1 is 0.378 bits per heavy atom. The molecular weight excluding hydrogens is 952 g/mol. The van der Waals surface area contributed by atoms with E-state index in [2.05, 4.69) is 81.5 Å². The minimum Gasteiger partial charge on any atom is -0.462 e. The van der Waals surface area contributed by atoms with Crippen LogP contribution in [0.25, 0.3) is 0 Å². The van der Waals surface area contributed by atoms with Crippen molar-refractivity contribution in [3.05, 3.63) is 60.8 Å². The van der Waals surface area contributed by atoms with Crippen molar-refractivity contribution < 1.29 is 52.2 Å². The lowest BCUT2D eigenvalue weighted by Gasteiger charge is -2.21. The predicted octanol–water partition coefficient (Wildman–Crippen LogP) is 17.9. The van der Waals surface area contributed by atoms with Crippen LogP contribution >= 0.6 is 7.82 Å². The zero-order valence-corrected chi connectivity index (χ0v) is 48.5. The molecule has 0 aliphatic carbocycles. The van der Waals surface area contributed by atoms with Crippen LogP contribution in [0.4, 0.5) is 0 Å². The first-order chi connectivity index (χ1) is 36.2. The minimum atomic E-state index is -4.75. The lowest BCUT2D eigenvalue weighted by Crippen LogP contribution is -2.30. The largest absolute Gasteiger partial charge is 0.472 e. The van der Waals surface area contributed by atoms with E-state index in [1.165, 1.54) is 103 Å². The average molecular weight is 1060 g/mol. The van der Waals surface area contributed by atoms with Gasteiger partial charge in [-0.2, -0.15) is 0 Å². The Balaban J connectivity index is 4.74. The number of hydrogen-bond acceptors (Lipinski definition) is 10. The first-order valence-electron chi connectivity index (χ1n) is 30.2.